The van der Waals surface area contributed by atoms with Crippen molar-refractivity contribution in [1.29, 1.82) is 0 Å². The molecule has 0 saturated heterocycles. The number of ketones is 1. The van der Waals surface area contributed by atoms with Gasteiger partial charge in [0, 0.05) is 128 Å². The summed E-state index contributed by atoms with van der Waals surface area (Å²) < 4.78 is 4.33. The van der Waals surface area contributed by atoms with Crippen molar-refractivity contribution in [2.45, 2.75) is 60.0 Å². The molecular formula is C37H45I3N6O3. The van der Waals surface area contributed by atoms with Crippen LogP contribution in [0.3, 0.4) is 0 Å². The van der Waals surface area contributed by atoms with Crippen LogP contribution in [-0.4, -0.2) is 60.1 Å². The average molecular weight is 1000 g/mol. The number of carbonyl (C=O) groups excluding carboxylic acids is 2. The van der Waals surface area contributed by atoms with Crippen LogP contribution in [0.15, 0.2) is 71.1 Å². The minimum atomic E-state index is 0. The Morgan fingerprint density at radius 2 is 1.47 bits per heavy atom. The number of aliphatic imine (C=N–C) groups is 1. The second-order valence-electron chi connectivity index (χ2n) is 11.9. The number of H-pyrrole nitrogens is 1. The van der Waals surface area contributed by atoms with Gasteiger partial charge in [0.05, 0.1) is 36.4 Å². The molecule has 0 saturated carbocycles. The first-order valence-corrected chi connectivity index (χ1v) is 22.0. The summed E-state index contributed by atoms with van der Waals surface area (Å²) >= 11 is 4.24. The number of fused-ring (bicyclic) bond motifs is 6. The predicted molar refractivity (Wildman–Crippen MR) is 228 cm³/mol. The molecule has 5 heterocycles. The Morgan fingerprint density at radius 1 is 0.878 bits per heavy atom. The van der Waals surface area contributed by atoms with Gasteiger partial charge in [0.2, 0.25) is 0 Å². The molecule has 3 aromatic heterocycles. The second-order valence-corrected chi connectivity index (χ2v) is 11.9. The lowest BCUT2D eigenvalue weighted by Gasteiger charge is -2.27. The topological polar surface area (TPSA) is 109 Å². The van der Waals surface area contributed by atoms with E-state index in [4.69, 9.17) is 5.11 Å². The zero-order valence-corrected chi connectivity index (χ0v) is 34.2. The molecule has 262 valence electrons. The van der Waals surface area contributed by atoms with Crippen LogP contribution in [0.25, 0.3) is 21.8 Å². The molecular weight excluding hydrogens is 957 g/mol. The monoisotopic (exact) mass is 1000 g/mol. The summed E-state index contributed by atoms with van der Waals surface area (Å²) in [5.74, 6) is 0.452. The Hall–Kier alpha value is -2.57. The normalized spacial score (nSPS) is 14.5. The number of Topliss-reactive ketones (excluding diaryl/α,β-unsaturated/α-hetero) is 1. The summed E-state index contributed by atoms with van der Waals surface area (Å²) in [5.41, 5.74) is 10.5. The first kappa shape index (κ1) is 40.9. The van der Waals surface area contributed by atoms with Gasteiger partial charge in [-0.1, -0.05) is 43.8 Å². The number of para-hydroxylation sites is 2. The van der Waals surface area contributed by atoms with Crippen LogP contribution in [0, 0.1) is 6.92 Å². The standard InChI is InChI=1S/C18H19N3O.C13H13NO.C5H8N2O.CH4.I2.HI/c1-12-7-9-19-14(12)11-21-10-8-16-17(18(21)22)13-5-3-4-6-15(13)20(16)2;1-14-10-6-3-2-5-9(10)13-11(14)7-4-8-12(13)15;1-4-5(2-8)7-3-6-4;;1-2;/h3-6,9H,7-8,10-11H2,1-2H3;2-3,5-6H,4,7-8H2,1H3;3,8H,2H2,1H3,(H,6,7);1H4;;1H. The minimum absolute atomic E-state index is 0. The van der Waals surface area contributed by atoms with Gasteiger partial charge in [-0.15, -0.1) is 24.0 Å². The van der Waals surface area contributed by atoms with Crippen molar-refractivity contribution in [2.24, 2.45) is 19.1 Å². The van der Waals surface area contributed by atoms with E-state index >= 15 is 0 Å². The van der Waals surface area contributed by atoms with Crippen molar-refractivity contribution in [3.05, 3.63) is 100 Å². The lowest BCUT2D eigenvalue weighted by atomic mass is 9.94. The molecule has 0 spiro atoms. The molecule has 2 N–H and O–H groups in total. The lowest BCUT2D eigenvalue weighted by molar-refractivity contribution is 0.0754. The molecule has 12 heteroatoms. The number of allylic oxidation sites excluding steroid dienone is 1. The highest BCUT2D eigenvalue weighted by Crippen LogP contribution is 2.32. The Bertz CT molecular complexity index is 1990. The van der Waals surface area contributed by atoms with Crippen molar-refractivity contribution >= 4 is 101 Å². The fourth-order valence-electron chi connectivity index (χ4n) is 6.64. The van der Waals surface area contributed by atoms with Crippen LogP contribution in [-0.2, 0) is 33.5 Å². The van der Waals surface area contributed by atoms with Crippen molar-refractivity contribution in [3.8, 4) is 0 Å². The number of aromatic amines is 1. The third-order valence-electron chi connectivity index (χ3n) is 9.23. The fraction of sp³-hybridized carbons (Fsp3) is 0.351. The van der Waals surface area contributed by atoms with Gasteiger partial charge in [-0.2, -0.15) is 0 Å². The summed E-state index contributed by atoms with van der Waals surface area (Å²) in [6, 6.07) is 16.3. The molecule has 0 bridgehead atoms. The fourth-order valence-corrected chi connectivity index (χ4v) is 6.64. The second kappa shape index (κ2) is 18.6. The summed E-state index contributed by atoms with van der Waals surface area (Å²) in [4.78, 5) is 37.9. The van der Waals surface area contributed by atoms with E-state index in [1.54, 1.807) is 6.33 Å². The van der Waals surface area contributed by atoms with Crippen molar-refractivity contribution < 1.29 is 14.7 Å². The SMILES string of the molecule is C.CC1=C(CN2CCc3c(c4ccccc4n3C)C2=O)N=CC1.Cc1[nH]cnc1CO.Cn1c2c(c3ccccc31)C(=O)CCC2.I.II. The van der Waals surface area contributed by atoms with Gasteiger partial charge in [0.15, 0.2) is 5.78 Å². The Kier molecular flexibility index (Phi) is 15.5. The predicted octanol–water partition coefficient (Wildman–Crippen LogP) is 8.86. The molecule has 1 amide bonds. The van der Waals surface area contributed by atoms with Gasteiger partial charge >= 0.3 is 0 Å². The molecule has 3 aliphatic rings. The van der Waals surface area contributed by atoms with Crippen molar-refractivity contribution in [2.75, 3.05) is 13.1 Å². The summed E-state index contributed by atoms with van der Waals surface area (Å²) in [5, 5.41) is 10.7. The summed E-state index contributed by atoms with van der Waals surface area (Å²) in [6.07, 6.45) is 8.06. The zero-order valence-electron chi connectivity index (χ0n) is 27.6. The molecule has 2 aromatic carbocycles. The van der Waals surface area contributed by atoms with Gasteiger partial charge in [-0.3, -0.25) is 14.6 Å². The molecule has 0 unspecified atom stereocenters. The maximum Gasteiger partial charge on any atom is 0.256 e. The molecule has 0 radical (unpaired) electrons. The number of nitrogens with one attached hydrogen (secondary N) is 1. The van der Waals surface area contributed by atoms with Crippen molar-refractivity contribution in [1.82, 2.24) is 24.0 Å². The molecule has 0 fully saturated rings. The first-order valence-electron chi connectivity index (χ1n) is 15.7. The maximum absolute atomic E-state index is 13.0. The number of amides is 1. The smallest absolute Gasteiger partial charge is 0.256 e. The molecule has 5 aromatic rings. The molecule has 9 nitrogen and oxygen atoms in total. The van der Waals surface area contributed by atoms with E-state index in [0.717, 1.165) is 82.4 Å². The Labute approximate surface area is 329 Å². The number of aromatic nitrogens is 4. The molecule has 2 aliphatic heterocycles. The van der Waals surface area contributed by atoms with Crippen molar-refractivity contribution in [3.63, 3.8) is 0 Å². The number of carbonyl (C=O) groups is 2. The van der Waals surface area contributed by atoms with Crippen LogP contribution in [0.4, 0.5) is 0 Å². The quantitative estimate of drug-likeness (QED) is 0.176. The van der Waals surface area contributed by atoms with Gasteiger partial charge < -0.3 is 24.1 Å². The molecule has 0 atom stereocenters. The largest absolute Gasteiger partial charge is 0.390 e. The maximum atomic E-state index is 13.0. The summed E-state index contributed by atoms with van der Waals surface area (Å²) in [6.45, 7) is 5.39. The number of aliphatic hydroxyl groups is 1. The highest BCUT2D eigenvalue weighted by atomic mass is 128. The lowest BCUT2D eigenvalue weighted by Crippen LogP contribution is -2.38. The van der Waals surface area contributed by atoms with Crippen LogP contribution >= 0.6 is 61.2 Å². The number of nitrogens with zero attached hydrogens (tertiary/aromatic N) is 5. The number of aryl methyl sites for hydroxylation is 3. The molecule has 1 aliphatic carbocycles. The van der Waals surface area contributed by atoms with E-state index in [0.29, 0.717) is 18.7 Å². The first-order chi connectivity index (χ1) is 22.8. The van der Waals surface area contributed by atoms with E-state index in [-0.39, 0.29) is 43.9 Å². The number of rotatable bonds is 3. The average Bonchev–Trinajstić information content (AvgIpc) is 3.86. The molecule has 8 rings (SSSR count). The van der Waals surface area contributed by atoms with E-state index in [1.165, 1.54) is 16.8 Å². The third kappa shape index (κ3) is 8.50. The Morgan fingerprint density at radius 3 is 2.00 bits per heavy atom. The number of aliphatic hydroxyl groups excluding tert-OH is 1. The number of imidazole rings is 1. The minimum Gasteiger partial charge on any atom is -0.390 e. The Balaban J connectivity index is 0.000000209. The van der Waals surface area contributed by atoms with Crippen LogP contribution in [0.2, 0.25) is 0 Å². The number of halogens is 3. The zero-order chi connectivity index (χ0) is 33.7. The third-order valence-corrected chi connectivity index (χ3v) is 9.23. The van der Waals surface area contributed by atoms with Gasteiger partial charge in [-0.25, -0.2) is 4.98 Å². The van der Waals surface area contributed by atoms with Crippen LogP contribution < -0.4 is 0 Å². The van der Waals surface area contributed by atoms with Gasteiger partial charge in [-0.05, 0) is 44.4 Å². The van der Waals surface area contributed by atoms with Crippen LogP contribution in [0.5, 0.6) is 0 Å². The number of hydrogen-bond acceptors (Lipinski definition) is 5. The highest BCUT2D eigenvalue weighted by molar-refractivity contribution is 15.0. The molecule has 49 heavy (non-hydrogen) atoms. The number of hydrogen-bond donors (Lipinski definition) is 2. The van der Waals surface area contributed by atoms with E-state index in [9.17, 15) is 9.59 Å². The number of benzene rings is 2. The van der Waals surface area contributed by atoms with Crippen LogP contribution in [0.1, 0.15) is 77.1 Å². The van der Waals surface area contributed by atoms with E-state index in [2.05, 4.69) is 101 Å². The summed E-state index contributed by atoms with van der Waals surface area (Å²) in [7, 11) is 4.11. The van der Waals surface area contributed by atoms with Gasteiger partial charge in [0.25, 0.3) is 5.91 Å². The van der Waals surface area contributed by atoms with Gasteiger partial charge in [0.1, 0.15) is 0 Å². The van der Waals surface area contributed by atoms with E-state index < -0.39 is 0 Å². The van der Waals surface area contributed by atoms with E-state index in [1.807, 2.05) is 48.4 Å². The highest BCUT2D eigenvalue weighted by Gasteiger charge is 2.30.